The van der Waals surface area contributed by atoms with E-state index in [0.29, 0.717) is 11.6 Å². The molecule has 5 heteroatoms. The molecule has 0 aliphatic heterocycles. The standard InChI is InChI=1S/C7H8N4O/c1-4-2-3-5(12-4)6-9-7(8)11-10-6/h2-3H,1H3,(H3,8,9,10,11). The average Bonchev–Trinajstić information content (AvgIpc) is 2.58. The molecule has 0 bridgehead atoms. The SMILES string of the molecule is Cc1ccc(-c2nc(N)n[nH]2)o1. The van der Waals surface area contributed by atoms with Gasteiger partial charge in [0.25, 0.3) is 0 Å². The number of rotatable bonds is 1. The van der Waals surface area contributed by atoms with E-state index in [-0.39, 0.29) is 5.95 Å². The summed E-state index contributed by atoms with van der Waals surface area (Å²) in [6, 6.07) is 3.67. The maximum atomic E-state index is 5.33. The number of furan rings is 1. The van der Waals surface area contributed by atoms with Crippen LogP contribution in [0.25, 0.3) is 11.6 Å². The van der Waals surface area contributed by atoms with Crippen molar-refractivity contribution in [2.75, 3.05) is 5.73 Å². The molecule has 0 aliphatic rings. The number of aromatic amines is 1. The first-order valence-electron chi connectivity index (χ1n) is 3.50. The second-order valence-corrected chi connectivity index (χ2v) is 2.45. The Labute approximate surface area is 68.6 Å². The Morgan fingerprint density at radius 1 is 1.50 bits per heavy atom. The number of nitrogens with one attached hydrogen (secondary N) is 1. The summed E-state index contributed by atoms with van der Waals surface area (Å²) < 4.78 is 5.29. The summed E-state index contributed by atoms with van der Waals surface area (Å²) in [5.41, 5.74) is 5.33. The zero-order valence-electron chi connectivity index (χ0n) is 6.53. The van der Waals surface area contributed by atoms with Crippen LogP contribution < -0.4 is 5.73 Å². The molecule has 3 N–H and O–H groups in total. The number of aromatic nitrogens is 3. The maximum Gasteiger partial charge on any atom is 0.239 e. The molecule has 2 heterocycles. The summed E-state index contributed by atoms with van der Waals surface area (Å²) in [7, 11) is 0. The van der Waals surface area contributed by atoms with E-state index >= 15 is 0 Å². The van der Waals surface area contributed by atoms with Crippen molar-refractivity contribution < 1.29 is 4.42 Å². The lowest BCUT2D eigenvalue weighted by Crippen LogP contribution is -1.85. The molecule has 0 saturated heterocycles. The van der Waals surface area contributed by atoms with E-state index in [0.717, 1.165) is 5.76 Å². The first kappa shape index (κ1) is 6.90. The van der Waals surface area contributed by atoms with Crippen LogP contribution in [0.1, 0.15) is 5.76 Å². The van der Waals surface area contributed by atoms with Crippen LogP contribution in [0.15, 0.2) is 16.5 Å². The second-order valence-electron chi connectivity index (χ2n) is 2.45. The highest BCUT2D eigenvalue weighted by Crippen LogP contribution is 2.17. The first-order valence-corrected chi connectivity index (χ1v) is 3.50. The van der Waals surface area contributed by atoms with Crippen LogP contribution in [0.2, 0.25) is 0 Å². The highest BCUT2D eigenvalue weighted by Gasteiger charge is 2.06. The van der Waals surface area contributed by atoms with Gasteiger partial charge in [0.1, 0.15) is 5.76 Å². The van der Waals surface area contributed by atoms with Gasteiger partial charge in [0, 0.05) is 0 Å². The largest absolute Gasteiger partial charge is 0.458 e. The van der Waals surface area contributed by atoms with Crippen LogP contribution in [0, 0.1) is 6.92 Å². The fraction of sp³-hybridized carbons (Fsp3) is 0.143. The molecule has 12 heavy (non-hydrogen) atoms. The highest BCUT2D eigenvalue weighted by atomic mass is 16.3. The molecule has 2 aromatic rings. The summed E-state index contributed by atoms with van der Waals surface area (Å²) in [6.45, 7) is 1.86. The van der Waals surface area contributed by atoms with Gasteiger partial charge in [-0.1, -0.05) is 0 Å². The van der Waals surface area contributed by atoms with E-state index < -0.39 is 0 Å². The van der Waals surface area contributed by atoms with Crippen molar-refractivity contribution in [3.8, 4) is 11.6 Å². The van der Waals surface area contributed by atoms with Gasteiger partial charge in [0.05, 0.1) is 0 Å². The third-order valence-electron chi connectivity index (χ3n) is 1.48. The van der Waals surface area contributed by atoms with E-state index in [1.807, 2.05) is 19.1 Å². The molecule has 0 aromatic carbocycles. The zero-order chi connectivity index (χ0) is 8.55. The van der Waals surface area contributed by atoms with Crippen molar-refractivity contribution in [1.82, 2.24) is 15.2 Å². The van der Waals surface area contributed by atoms with Crippen LogP contribution in [0.5, 0.6) is 0 Å². The lowest BCUT2D eigenvalue weighted by molar-refractivity contribution is 0.544. The predicted molar refractivity (Wildman–Crippen MR) is 43.2 cm³/mol. The quantitative estimate of drug-likeness (QED) is 0.657. The lowest BCUT2D eigenvalue weighted by Gasteiger charge is -1.85. The summed E-state index contributed by atoms with van der Waals surface area (Å²) >= 11 is 0. The molecule has 0 fully saturated rings. The normalized spacial score (nSPS) is 10.4. The molecule has 0 aliphatic carbocycles. The van der Waals surface area contributed by atoms with E-state index in [4.69, 9.17) is 10.2 Å². The van der Waals surface area contributed by atoms with Crippen LogP contribution in [0.3, 0.4) is 0 Å². The maximum absolute atomic E-state index is 5.33. The van der Waals surface area contributed by atoms with Crippen molar-refractivity contribution in [3.05, 3.63) is 17.9 Å². The molecule has 0 unspecified atom stereocenters. The molecule has 0 radical (unpaired) electrons. The first-order chi connectivity index (χ1) is 5.75. The average molecular weight is 164 g/mol. The molecular weight excluding hydrogens is 156 g/mol. The van der Waals surface area contributed by atoms with Crippen molar-refractivity contribution >= 4 is 5.95 Å². The molecule has 0 amide bonds. The van der Waals surface area contributed by atoms with Gasteiger partial charge >= 0.3 is 0 Å². The lowest BCUT2D eigenvalue weighted by atomic mass is 10.4. The van der Waals surface area contributed by atoms with Gasteiger partial charge < -0.3 is 10.2 Å². The van der Waals surface area contributed by atoms with Crippen molar-refractivity contribution in [1.29, 1.82) is 0 Å². The number of nitrogen functional groups attached to an aromatic ring is 1. The van der Waals surface area contributed by atoms with Crippen LogP contribution in [-0.4, -0.2) is 15.2 Å². The van der Waals surface area contributed by atoms with Crippen LogP contribution >= 0.6 is 0 Å². The Morgan fingerprint density at radius 2 is 2.33 bits per heavy atom. The van der Waals surface area contributed by atoms with E-state index in [9.17, 15) is 0 Å². The van der Waals surface area contributed by atoms with Gasteiger partial charge in [-0.25, -0.2) is 0 Å². The number of H-pyrrole nitrogens is 1. The minimum Gasteiger partial charge on any atom is -0.458 e. The minimum absolute atomic E-state index is 0.221. The topological polar surface area (TPSA) is 80.7 Å². The Bertz CT molecular complexity index is 351. The number of hydrogen-bond acceptors (Lipinski definition) is 4. The van der Waals surface area contributed by atoms with Crippen LogP contribution in [0.4, 0.5) is 5.95 Å². The number of aryl methyl sites for hydroxylation is 1. The second kappa shape index (κ2) is 2.37. The fourth-order valence-corrected chi connectivity index (χ4v) is 0.947. The van der Waals surface area contributed by atoms with Crippen LogP contribution in [-0.2, 0) is 0 Å². The molecule has 2 aromatic heterocycles. The third-order valence-corrected chi connectivity index (χ3v) is 1.48. The van der Waals surface area contributed by atoms with E-state index in [1.165, 1.54) is 0 Å². The molecular formula is C7H8N4O. The van der Waals surface area contributed by atoms with E-state index in [1.54, 1.807) is 0 Å². The van der Waals surface area contributed by atoms with Crippen molar-refractivity contribution in [2.24, 2.45) is 0 Å². The molecule has 62 valence electrons. The smallest absolute Gasteiger partial charge is 0.239 e. The Balaban J connectivity index is 2.43. The number of anilines is 1. The van der Waals surface area contributed by atoms with Gasteiger partial charge in [0.15, 0.2) is 11.6 Å². The monoisotopic (exact) mass is 164 g/mol. The third kappa shape index (κ3) is 1.05. The Kier molecular flexibility index (Phi) is 1.36. The molecule has 0 atom stereocenters. The zero-order valence-corrected chi connectivity index (χ0v) is 6.53. The molecule has 0 spiro atoms. The van der Waals surface area contributed by atoms with Gasteiger partial charge in [-0.05, 0) is 19.1 Å². The van der Waals surface area contributed by atoms with Gasteiger partial charge in [-0.15, -0.1) is 5.10 Å². The van der Waals surface area contributed by atoms with Gasteiger partial charge in [0.2, 0.25) is 5.95 Å². The summed E-state index contributed by atoms with van der Waals surface area (Å²) in [6.07, 6.45) is 0. The predicted octanol–water partition coefficient (Wildman–Crippen LogP) is 0.955. The molecule has 5 nitrogen and oxygen atoms in total. The summed E-state index contributed by atoms with van der Waals surface area (Å²) in [5.74, 6) is 2.26. The molecule has 2 rings (SSSR count). The van der Waals surface area contributed by atoms with E-state index in [2.05, 4.69) is 15.2 Å². The highest BCUT2D eigenvalue weighted by molar-refractivity contribution is 5.48. The number of nitrogens with two attached hydrogens (primary N) is 1. The minimum atomic E-state index is 0.221. The molecule has 0 saturated carbocycles. The summed E-state index contributed by atoms with van der Waals surface area (Å²) in [5, 5.41) is 6.34. The summed E-state index contributed by atoms with van der Waals surface area (Å²) in [4.78, 5) is 3.91. The van der Waals surface area contributed by atoms with Gasteiger partial charge in [-0.2, -0.15) is 4.98 Å². The van der Waals surface area contributed by atoms with Crippen molar-refractivity contribution in [2.45, 2.75) is 6.92 Å². The number of nitrogens with zero attached hydrogens (tertiary/aromatic N) is 2. The van der Waals surface area contributed by atoms with Gasteiger partial charge in [-0.3, -0.25) is 5.10 Å². The number of hydrogen-bond donors (Lipinski definition) is 2. The Hall–Kier alpha value is -1.78. The Morgan fingerprint density at radius 3 is 2.83 bits per heavy atom. The fourth-order valence-electron chi connectivity index (χ4n) is 0.947. The van der Waals surface area contributed by atoms with Crippen molar-refractivity contribution in [3.63, 3.8) is 0 Å².